The molecule has 0 fully saturated rings. The number of carbonyl (C=O) groups excluding carboxylic acids is 2. The van der Waals surface area contributed by atoms with E-state index in [1.165, 1.54) is 17.0 Å². The molecule has 0 heterocycles. The summed E-state index contributed by atoms with van der Waals surface area (Å²) in [7, 11) is -4.20. The number of benzene rings is 4. The Morgan fingerprint density at radius 2 is 1.43 bits per heavy atom. The fourth-order valence-electron chi connectivity index (χ4n) is 4.89. The Morgan fingerprint density at radius 1 is 0.826 bits per heavy atom. The van der Waals surface area contributed by atoms with Gasteiger partial charge in [-0.1, -0.05) is 90.4 Å². The zero-order valence-electron chi connectivity index (χ0n) is 26.3. The number of nitrogens with zero attached hydrogens (tertiary/aromatic N) is 2. The summed E-state index contributed by atoms with van der Waals surface area (Å²) in [5.41, 5.74) is 2.01. The van der Waals surface area contributed by atoms with Crippen LogP contribution >= 0.6 is 15.9 Å². The Kier molecular flexibility index (Phi) is 12.4. The Hall–Kier alpha value is -4.15. The van der Waals surface area contributed by atoms with Crippen molar-refractivity contribution >= 4 is 43.5 Å². The zero-order chi connectivity index (χ0) is 33.1. The highest BCUT2D eigenvalue weighted by molar-refractivity contribution is 9.10. The summed E-state index contributed by atoms with van der Waals surface area (Å²) in [6.07, 6.45) is 0.254. The third-order valence-corrected chi connectivity index (χ3v) is 9.58. The van der Waals surface area contributed by atoms with Gasteiger partial charge in [-0.25, -0.2) is 8.42 Å². The third kappa shape index (κ3) is 9.43. The molecule has 46 heavy (non-hydrogen) atoms. The number of hydrogen-bond donors (Lipinski definition) is 1. The molecule has 8 nitrogen and oxygen atoms in total. The van der Waals surface area contributed by atoms with Crippen LogP contribution < -0.4 is 14.4 Å². The van der Waals surface area contributed by atoms with Crippen molar-refractivity contribution in [3.8, 4) is 5.75 Å². The molecule has 0 radical (unpaired) electrons. The van der Waals surface area contributed by atoms with Gasteiger partial charge in [0.15, 0.2) is 0 Å². The first-order valence-corrected chi connectivity index (χ1v) is 17.5. The van der Waals surface area contributed by atoms with Crippen molar-refractivity contribution in [3.05, 3.63) is 125 Å². The summed E-state index contributed by atoms with van der Waals surface area (Å²) < 4.78 is 35.8. The minimum Gasteiger partial charge on any atom is -0.494 e. The molecular weight excluding hydrogens is 666 g/mol. The highest BCUT2D eigenvalue weighted by Crippen LogP contribution is 2.26. The highest BCUT2D eigenvalue weighted by atomic mass is 79.9. The molecular formula is C36H40BrN3O5S. The van der Waals surface area contributed by atoms with E-state index in [-0.39, 0.29) is 29.7 Å². The van der Waals surface area contributed by atoms with Crippen LogP contribution in [0.4, 0.5) is 5.69 Å². The van der Waals surface area contributed by atoms with Gasteiger partial charge >= 0.3 is 0 Å². The number of ether oxygens (including phenoxy) is 1. The van der Waals surface area contributed by atoms with Crippen LogP contribution in [0, 0.1) is 5.92 Å². The van der Waals surface area contributed by atoms with E-state index in [4.69, 9.17) is 4.74 Å². The van der Waals surface area contributed by atoms with E-state index in [9.17, 15) is 18.0 Å². The molecule has 0 bridgehead atoms. The van der Waals surface area contributed by atoms with Crippen LogP contribution in [-0.4, -0.2) is 50.9 Å². The maximum Gasteiger partial charge on any atom is 0.264 e. The second kappa shape index (κ2) is 16.4. The molecule has 0 saturated heterocycles. The lowest BCUT2D eigenvalue weighted by atomic mass is 10.0. The first-order chi connectivity index (χ1) is 22.1. The number of amides is 2. The Morgan fingerprint density at radius 3 is 2.02 bits per heavy atom. The summed E-state index contributed by atoms with van der Waals surface area (Å²) in [6.45, 7) is 6.32. The van der Waals surface area contributed by atoms with Gasteiger partial charge in [-0.05, 0) is 72.5 Å². The normalized spacial score (nSPS) is 11.9. The lowest BCUT2D eigenvalue weighted by Gasteiger charge is -2.34. The van der Waals surface area contributed by atoms with Crippen LogP contribution in [0.1, 0.15) is 31.9 Å². The van der Waals surface area contributed by atoms with Gasteiger partial charge in [0.25, 0.3) is 10.0 Å². The molecule has 0 aliphatic carbocycles. The van der Waals surface area contributed by atoms with Crippen LogP contribution in [0.3, 0.4) is 0 Å². The first-order valence-electron chi connectivity index (χ1n) is 15.2. The molecule has 0 spiro atoms. The van der Waals surface area contributed by atoms with E-state index in [0.717, 1.165) is 19.9 Å². The van der Waals surface area contributed by atoms with E-state index in [2.05, 4.69) is 21.2 Å². The number of carbonyl (C=O) groups is 2. The molecule has 1 N–H and O–H groups in total. The number of rotatable bonds is 15. The van der Waals surface area contributed by atoms with Crippen molar-refractivity contribution in [2.75, 3.05) is 24.0 Å². The molecule has 4 aromatic rings. The van der Waals surface area contributed by atoms with Gasteiger partial charge in [0.05, 0.1) is 17.2 Å². The Bertz CT molecular complexity index is 1670. The van der Waals surface area contributed by atoms with Crippen LogP contribution in [0.15, 0.2) is 119 Å². The van der Waals surface area contributed by atoms with Gasteiger partial charge < -0.3 is 15.0 Å². The van der Waals surface area contributed by atoms with Gasteiger partial charge in [0.1, 0.15) is 18.3 Å². The van der Waals surface area contributed by atoms with Crippen molar-refractivity contribution < 1.29 is 22.7 Å². The summed E-state index contributed by atoms with van der Waals surface area (Å²) >= 11 is 3.46. The molecule has 0 saturated carbocycles. The monoisotopic (exact) mass is 705 g/mol. The molecule has 1 atom stereocenters. The van der Waals surface area contributed by atoms with Crippen molar-refractivity contribution in [2.45, 2.75) is 44.7 Å². The molecule has 4 aromatic carbocycles. The van der Waals surface area contributed by atoms with Gasteiger partial charge in [-0.2, -0.15) is 0 Å². The number of nitrogens with one attached hydrogen (secondary N) is 1. The van der Waals surface area contributed by atoms with Gasteiger partial charge in [-0.3, -0.25) is 13.9 Å². The van der Waals surface area contributed by atoms with Crippen molar-refractivity contribution in [2.24, 2.45) is 5.92 Å². The maximum absolute atomic E-state index is 14.5. The first kappa shape index (κ1) is 34.7. The van der Waals surface area contributed by atoms with E-state index in [1.807, 2.05) is 75.4 Å². The number of hydrogen-bond acceptors (Lipinski definition) is 5. The van der Waals surface area contributed by atoms with Crippen LogP contribution in [0.25, 0.3) is 0 Å². The van der Waals surface area contributed by atoms with Gasteiger partial charge in [-0.15, -0.1) is 0 Å². The van der Waals surface area contributed by atoms with Crippen LogP contribution in [0.5, 0.6) is 5.75 Å². The summed E-state index contributed by atoms with van der Waals surface area (Å²) in [5, 5.41) is 3.01. The number of halogens is 1. The van der Waals surface area contributed by atoms with Crippen molar-refractivity contribution in [1.82, 2.24) is 10.2 Å². The van der Waals surface area contributed by atoms with Crippen molar-refractivity contribution in [1.29, 1.82) is 0 Å². The Labute approximate surface area is 280 Å². The minimum atomic E-state index is -4.20. The predicted molar refractivity (Wildman–Crippen MR) is 185 cm³/mol. The average molecular weight is 707 g/mol. The standard InChI is InChI=1S/C36H40BrN3O5S/c1-4-45-32-19-21-33(22-20-32)46(43,44)40(31-13-9-6-10-14-31)26-35(41)39(25-29-15-17-30(37)18-16-29)34(36(42)38-24-27(2)3)23-28-11-7-5-8-12-28/h5-22,27,34H,4,23-26H2,1-3H3,(H,38,42)/t34-/m1/s1. The fourth-order valence-corrected chi connectivity index (χ4v) is 6.57. The molecule has 10 heteroatoms. The van der Waals surface area contributed by atoms with E-state index in [1.54, 1.807) is 42.5 Å². The second-order valence-corrected chi connectivity index (χ2v) is 14.0. The van der Waals surface area contributed by atoms with E-state index >= 15 is 0 Å². The lowest BCUT2D eigenvalue weighted by molar-refractivity contribution is -0.140. The number of anilines is 1. The highest BCUT2D eigenvalue weighted by Gasteiger charge is 2.34. The minimum absolute atomic E-state index is 0.0163. The molecule has 2 amide bonds. The van der Waals surface area contributed by atoms with Crippen LogP contribution in [0.2, 0.25) is 0 Å². The van der Waals surface area contributed by atoms with Crippen molar-refractivity contribution in [3.63, 3.8) is 0 Å². The molecule has 0 aliphatic rings. The molecule has 0 aromatic heterocycles. The average Bonchev–Trinajstić information content (AvgIpc) is 3.06. The number of para-hydroxylation sites is 1. The largest absolute Gasteiger partial charge is 0.494 e. The lowest BCUT2D eigenvalue weighted by Crippen LogP contribution is -2.53. The van der Waals surface area contributed by atoms with Crippen LogP contribution in [-0.2, 0) is 32.6 Å². The SMILES string of the molecule is CCOc1ccc(S(=O)(=O)N(CC(=O)N(Cc2ccc(Br)cc2)[C@H](Cc2ccccc2)C(=O)NCC(C)C)c2ccccc2)cc1. The van der Waals surface area contributed by atoms with E-state index < -0.39 is 28.5 Å². The zero-order valence-corrected chi connectivity index (χ0v) is 28.7. The Balaban J connectivity index is 1.76. The third-order valence-electron chi connectivity index (χ3n) is 7.27. The maximum atomic E-state index is 14.5. The van der Waals surface area contributed by atoms with Gasteiger partial charge in [0, 0.05) is 24.0 Å². The summed E-state index contributed by atoms with van der Waals surface area (Å²) in [4.78, 5) is 29.9. The van der Waals surface area contributed by atoms with Gasteiger partial charge in [0.2, 0.25) is 11.8 Å². The smallest absolute Gasteiger partial charge is 0.264 e. The fraction of sp³-hybridized carbons (Fsp3) is 0.278. The van der Waals surface area contributed by atoms with E-state index in [0.29, 0.717) is 24.6 Å². The topological polar surface area (TPSA) is 96.0 Å². The molecule has 242 valence electrons. The second-order valence-electron chi connectivity index (χ2n) is 11.2. The number of sulfonamides is 1. The predicted octanol–water partition coefficient (Wildman–Crippen LogP) is 6.46. The summed E-state index contributed by atoms with van der Waals surface area (Å²) in [6, 6.07) is 30.7. The molecule has 0 unspecified atom stereocenters. The quantitative estimate of drug-likeness (QED) is 0.153. The molecule has 0 aliphatic heterocycles. The molecule has 4 rings (SSSR count). The summed E-state index contributed by atoms with van der Waals surface area (Å²) in [5.74, 6) is -0.0732.